The molecule has 1 aliphatic rings. The summed E-state index contributed by atoms with van der Waals surface area (Å²) in [5, 5.41) is 0.671. The first-order chi connectivity index (χ1) is 9.97. The van der Waals surface area contributed by atoms with E-state index in [4.69, 9.17) is 10.3 Å². The van der Waals surface area contributed by atoms with Crippen LogP contribution in [0.5, 0.6) is 0 Å². The molecule has 1 aliphatic heterocycles. The summed E-state index contributed by atoms with van der Waals surface area (Å²) >= 11 is 0. The van der Waals surface area contributed by atoms with Crippen molar-refractivity contribution in [2.45, 2.75) is 18.9 Å². The van der Waals surface area contributed by atoms with E-state index in [-0.39, 0.29) is 29.3 Å². The van der Waals surface area contributed by atoms with Crippen molar-refractivity contribution >= 4 is 20.8 Å². The summed E-state index contributed by atoms with van der Waals surface area (Å²) in [6.45, 7) is 0. The number of furan rings is 1. The third-order valence-electron chi connectivity index (χ3n) is 3.94. The average Bonchev–Trinajstić information content (AvgIpc) is 2.98. The fraction of sp³-hybridized carbons (Fsp3) is 0.429. The fourth-order valence-corrected chi connectivity index (χ4v) is 4.74. The Bertz CT molecular complexity index is 757. The minimum atomic E-state index is -2.91. The van der Waals surface area contributed by atoms with Gasteiger partial charge in [0.1, 0.15) is 17.2 Å². The van der Waals surface area contributed by atoms with E-state index in [2.05, 4.69) is 5.43 Å². The number of hydrazine groups is 1. The van der Waals surface area contributed by atoms with E-state index >= 15 is 0 Å². The first kappa shape index (κ1) is 14.5. The molecule has 1 fully saturated rings. The Morgan fingerprint density at radius 3 is 2.90 bits per heavy atom. The standard InChI is InChI=1S/C14H17FN2O3S/c15-11-1-2-13-10(6-11)7-14(20-13)12(17-16)5-9-3-4-21(18,19)8-9/h1-2,6-7,9,12,17H,3-5,8,16H2. The van der Waals surface area contributed by atoms with Crippen LogP contribution >= 0.6 is 0 Å². The number of sulfone groups is 1. The number of benzene rings is 1. The van der Waals surface area contributed by atoms with Crippen LogP contribution in [0.2, 0.25) is 0 Å². The van der Waals surface area contributed by atoms with Gasteiger partial charge < -0.3 is 4.42 Å². The molecule has 2 heterocycles. The van der Waals surface area contributed by atoms with Crippen molar-refractivity contribution in [3.05, 3.63) is 35.8 Å². The summed E-state index contributed by atoms with van der Waals surface area (Å²) in [5.74, 6) is 6.34. The smallest absolute Gasteiger partial charge is 0.150 e. The molecule has 3 rings (SSSR count). The third-order valence-corrected chi connectivity index (χ3v) is 5.77. The van der Waals surface area contributed by atoms with Gasteiger partial charge in [0.25, 0.3) is 0 Å². The minimum absolute atomic E-state index is 0.0704. The molecule has 1 aromatic heterocycles. The minimum Gasteiger partial charge on any atom is -0.459 e. The lowest BCUT2D eigenvalue weighted by Gasteiger charge is -2.16. The maximum absolute atomic E-state index is 13.2. The van der Waals surface area contributed by atoms with E-state index in [9.17, 15) is 12.8 Å². The van der Waals surface area contributed by atoms with Crippen LogP contribution in [-0.2, 0) is 9.84 Å². The zero-order valence-electron chi connectivity index (χ0n) is 11.4. The topological polar surface area (TPSA) is 85.3 Å². The second kappa shape index (κ2) is 5.40. The largest absolute Gasteiger partial charge is 0.459 e. The SMILES string of the molecule is NNC(CC1CCS(=O)(=O)C1)c1cc2cc(F)ccc2o1. The van der Waals surface area contributed by atoms with Crippen molar-refractivity contribution in [1.29, 1.82) is 0 Å². The maximum atomic E-state index is 13.2. The van der Waals surface area contributed by atoms with Crippen molar-refractivity contribution in [1.82, 2.24) is 5.43 Å². The number of fused-ring (bicyclic) bond motifs is 1. The summed E-state index contributed by atoms with van der Waals surface area (Å²) in [6, 6.07) is 5.77. The Hall–Kier alpha value is -1.44. The van der Waals surface area contributed by atoms with Crippen LogP contribution in [0.25, 0.3) is 11.0 Å². The first-order valence-electron chi connectivity index (χ1n) is 6.82. The summed E-state index contributed by atoms with van der Waals surface area (Å²) < 4.78 is 41.9. The number of halogens is 1. The van der Waals surface area contributed by atoms with Crippen molar-refractivity contribution in [3.8, 4) is 0 Å². The van der Waals surface area contributed by atoms with Crippen LogP contribution in [0.3, 0.4) is 0 Å². The lowest BCUT2D eigenvalue weighted by molar-refractivity contribution is 0.367. The molecular formula is C14H17FN2O3S. The molecule has 0 radical (unpaired) electrons. The normalized spacial score (nSPS) is 22.7. The van der Waals surface area contributed by atoms with E-state index in [1.54, 1.807) is 12.1 Å². The van der Waals surface area contributed by atoms with E-state index in [1.165, 1.54) is 12.1 Å². The number of hydrogen-bond donors (Lipinski definition) is 2. The van der Waals surface area contributed by atoms with Gasteiger partial charge in [-0.2, -0.15) is 0 Å². The molecule has 5 nitrogen and oxygen atoms in total. The number of nitrogens with two attached hydrogens (primary N) is 1. The van der Waals surface area contributed by atoms with Crippen LogP contribution in [-0.4, -0.2) is 19.9 Å². The highest BCUT2D eigenvalue weighted by Gasteiger charge is 2.30. The maximum Gasteiger partial charge on any atom is 0.150 e. The predicted octanol–water partition coefficient (Wildman–Crippen LogP) is 1.90. The van der Waals surface area contributed by atoms with Gasteiger partial charge in [-0.1, -0.05) is 0 Å². The molecule has 21 heavy (non-hydrogen) atoms. The molecule has 0 saturated carbocycles. The van der Waals surface area contributed by atoms with E-state index < -0.39 is 9.84 Å². The van der Waals surface area contributed by atoms with Gasteiger partial charge in [0, 0.05) is 5.39 Å². The van der Waals surface area contributed by atoms with Gasteiger partial charge in [0.05, 0.1) is 17.5 Å². The molecule has 1 saturated heterocycles. The molecular weight excluding hydrogens is 295 g/mol. The summed E-state index contributed by atoms with van der Waals surface area (Å²) in [4.78, 5) is 0. The zero-order chi connectivity index (χ0) is 15.0. The zero-order valence-corrected chi connectivity index (χ0v) is 12.2. The Balaban J connectivity index is 1.81. The van der Waals surface area contributed by atoms with Gasteiger partial charge in [-0.25, -0.2) is 18.2 Å². The second-order valence-corrected chi connectivity index (χ2v) is 7.78. The summed E-state index contributed by atoms with van der Waals surface area (Å²) in [6.07, 6.45) is 1.23. The van der Waals surface area contributed by atoms with E-state index in [0.29, 0.717) is 29.6 Å². The average molecular weight is 312 g/mol. The number of nitrogens with one attached hydrogen (secondary N) is 1. The summed E-state index contributed by atoms with van der Waals surface area (Å²) in [7, 11) is -2.91. The molecule has 2 unspecified atom stereocenters. The molecule has 1 aromatic carbocycles. The molecule has 0 aliphatic carbocycles. The second-order valence-electron chi connectivity index (χ2n) is 5.55. The number of hydrogen-bond acceptors (Lipinski definition) is 5. The van der Waals surface area contributed by atoms with E-state index in [0.717, 1.165) is 0 Å². The first-order valence-corrected chi connectivity index (χ1v) is 8.64. The lowest BCUT2D eigenvalue weighted by atomic mass is 9.98. The van der Waals surface area contributed by atoms with Crippen molar-refractivity contribution in [2.24, 2.45) is 11.8 Å². The molecule has 114 valence electrons. The Labute approximate surface area is 122 Å². The van der Waals surface area contributed by atoms with Gasteiger partial charge in [-0.15, -0.1) is 0 Å². The van der Waals surface area contributed by atoms with Crippen molar-refractivity contribution < 1.29 is 17.2 Å². The molecule has 7 heteroatoms. The monoisotopic (exact) mass is 312 g/mol. The third kappa shape index (κ3) is 3.09. The van der Waals surface area contributed by atoms with Gasteiger partial charge in [-0.05, 0) is 43.0 Å². The molecule has 2 atom stereocenters. The van der Waals surface area contributed by atoms with Crippen LogP contribution in [0.4, 0.5) is 4.39 Å². The van der Waals surface area contributed by atoms with Crippen molar-refractivity contribution in [2.75, 3.05) is 11.5 Å². The van der Waals surface area contributed by atoms with Gasteiger partial charge in [0.15, 0.2) is 9.84 Å². The van der Waals surface area contributed by atoms with Crippen LogP contribution < -0.4 is 11.3 Å². The predicted molar refractivity (Wildman–Crippen MR) is 77.6 cm³/mol. The van der Waals surface area contributed by atoms with Crippen molar-refractivity contribution in [3.63, 3.8) is 0 Å². The van der Waals surface area contributed by atoms with Crippen LogP contribution in [0, 0.1) is 11.7 Å². The van der Waals surface area contributed by atoms with Gasteiger partial charge in [-0.3, -0.25) is 5.84 Å². The van der Waals surface area contributed by atoms with Crippen LogP contribution in [0.15, 0.2) is 28.7 Å². The van der Waals surface area contributed by atoms with Gasteiger partial charge >= 0.3 is 0 Å². The highest BCUT2D eigenvalue weighted by molar-refractivity contribution is 7.91. The Morgan fingerprint density at radius 2 is 2.24 bits per heavy atom. The Morgan fingerprint density at radius 1 is 1.43 bits per heavy atom. The molecule has 0 bridgehead atoms. The Kier molecular flexibility index (Phi) is 3.73. The lowest BCUT2D eigenvalue weighted by Crippen LogP contribution is -2.29. The van der Waals surface area contributed by atoms with E-state index in [1.807, 2.05) is 0 Å². The molecule has 3 N–H and O–H groups in total. The summed E-state index contributed by atoms with van der Waals surface area (Å²) in [5.41, 5.74) is 3.25. The number of rotatable bonds is 4. The highest BCUT2D eigenvalue weighted by Crippen LogP contribution is 2.31. The highest BCUT2D eigenvalue weighted by atomic mass is 32.2. The molecule has 0 amide bonds. The van der Waals surface area contributed by atoms with Crippen LogP contribution in [0.1, 0.15) is 24.6 Å². The van der Waals surface area contributed by atoms with Gasteiger partial charge in [0.2, 0.25) is 0 Å². The quantitative estimate of drug-likeness (QED) is 0.665. The molecule has 0 spiro atoms. The molecule has 2 aromatic rings. The fourth-order valence-electron chi connectivity index (χ4n) is 2.86.